The molecular formula is C16H21FN4O2S. The van der Waals surface area contributed by atoms with Crippen LogP contribution in [0.1, 0.15) is 32.7 Å². The van der Waals surface area contributed by atoms with Crippen molar-refractivity contribution in [1.82, 2.24) is 14.8 Å². The van der Waals surface area contributed by atoms with E-state index in [9.17, 15) is 9.18 Å². The molecule has 1 amide bonds. The van der Waals surface area contributed by atoms with Crippen molar-refractivity contribution in [3.63, 3.8) is 0 Å². The molecule has 1 aromatic heterocycles. The Labute approximate surface area is 144 Å². The van der Waals surface area contributed by atoms with Gasteiger partial charge in [-0.25, -0.2) is 4.39 Å². The number of hydrogen-bond donors (Lipinski definition) is 1. The van der Waals surface area contributed by atoms with E-state index in [1.165, 1.54) is 17.8 Å². The van der Waals surface area contributed by atoms with Crippen molar-refractivity contribution >= 4 is 17.7 Å². The summed E-state index contributed by atoms with van der Waals surface area (Å²) < 4.78 is 21.4. The molecule has 2 N–H and O–H groups in total. The molecule has 0 radical (unpaired) electrons. The Morgan fingerprint density at radius 2 is 2.04 bits per heavy atom. The predicted molar refractivity (Wildman–Crippen MR) is 90.2 cm³/mol. The van der Waals surface area contributed by atoms with Crippen LogP contribution in [0.25, 0.3) is 0 Å². The van der Waals surface area contributed by atoms with Gasteiger partial charge >= 0.3 is 0 Å². The van der Waals surface area contributed by atoms with E-state index >= 15 is 0 Å². The summed E-state index contributed by atoms with van der Waals surface area (Å²) in [7, 11) is 0. The summed E-state index contributed by atoms with van der Waals surface area (Å²) >= 11 is 1.23. The van der Waals surface area contributed by atoms with Crippen molar-refractivity contribution in [1.29, 1.82) is 0 Å². The van der Waals surface area contributed by atoms with Gasteiger partial charge in [0, 0.05) is 6.54 Å². The van der Waals surface area contributed by atoms with Crippen LogP contribution in [0, 0.1) is 11.7 Å². The summed E-state index contributed by atoms with van der Waals surface area (Å²) in [4.78, 5) is 11.0. The first-order valence-electron chi connectivity index (χ1n) is 7.63. The Balaban J connectivity index is 2.24. The smallest absolute Gasteiger partial charge is 0.227 e. The van der Waals surface area contributed by atoms with Gasteiger partial charge in [0.15, 0.2) is 28.7 Å². The number of primary amides is 1. The van der Waals surface area contributed by atoms with Gasteiger partial charge in [0.05, 0.1) is 5.75 Å². The molecule has 1 unspecified atom stereocenters. The number of ether oxygens (including phenoxy) is 1. The van der Waals surface area contributed by atoms with Gasteiger partial charge in [0.25, 0.3) is 0 Å². The molecule has 8 heteroatoms. The van der Waals surface area contributed by atoms with Gasteiger partial charge in [-0.2, -0.15) is 0 Å². The second kappa shape index (κ2) is 8.14. The molecule has 1 atom stereocenters. The molecule has 0 aliphatic rings. The van der Waals surface area contributed by atoms with Crippen molar-refractivity contribution in [2.75, 3.05) is 5.75 Å². The van der Waals surface area contributed by atoms with Crippen molar-refractivity contribution in [3.05, 3.63) is 35.9 Å². The Morgan fingerprint density at radius 1 is 1.33 bits per heavy atom. The fourth-order valence-electron chi connectivity index (χ4n) is 2.16. The van der Waals surface area contributed by atoms with E-state index in [1.807, 2.05) is 4.57 Å². The molecule has 0 aliphatic heterocycles. The second-order valence-electron chi connectivity index (χ2n) is 5.79. The lowest BCUT2D eigenvalue weighted by Crippen LogP contribution is -2.17. The number of aromatic nitrogens is 3. The summed E-state index contributed by atoms with van der Waals surface area (Å²) in [5, 5.41) is 8.88. The quantitative estimate of drug-likeness (QED) is 0.739. The fraction of sp³-hybridized carbons (Fsp3) is 0.438. The van der Waals surface area contributed by atoms with E-state index in [-0.39, 0.29) is 11.5 Å². The van der Waals surface area contributed by atoms with Gasteiger partial charge in [-0.05, 0) is 25.0 Å². The molecule has 0 spiro atoms. The number of benzene rings is 1. The molecule has 0 fully saturated rings. The number of para-hydroxylation sites is 1. The first kappa shape index (κ1) is 18.3. The zero-order valence-electron chi connectivity index (χ0n) is 13.9. The molecule has 130 valence electrons. The first-order chi connectivity index (χ1) is 11.4. The Morgan fingerprint density at radius 3 is 2.67 bits per heavy atom. The summed E-state index contributed by atoms with van der Waals surface area (Å²) in [6.45, 7) is 6.58. The molecular weight excluding hydrogens is 331 g/mol. The molecule has 2 rings (SSSR count). The standard InChI is InChI=1S/C16H21FN4O2S/c1-10(2)8-21-15(19-20-16(21)24-9-14(18)22)11(3)23-13-7-5-4-6-12(13)17/h4-7,10-11H,8-9H2,1-3H3,(H2,18,22). The predicted octanol–water partition coefficient (Wildman–Crippen LogP) is 2.79. The minimum atomic E-state index is -0.490. The normalized spacial score (nSPS) is 12.4. The minimum Gasteiger partial charge on any atom is -0.480 e. The molecule has 24 heavy (non-hydrogen) atoms. The minimum absolute atomic E-state index is 0.124. The van der Waals surface area contributed by atoms with E-state index in [1.54, 1.807) is 25.1 Å². The number of amides is 1. The van der Waals surface area contributed by atoms with Crippen LogP contribution in [-0.2, 0) is 11.3 Å². The maximum absolute atomic E-state index is 13.8. The fourth-order valence-corrected chi connectivity index (χ4v) is 2.86. The summed E-state index contributed by atoms with van der Waals surface area (Å²) in [5.74, 6) is 0.361. The Hall–Kier alpha value is -2.09. The van der Waals surface area contributed by atoms with E-state index < -0.39 is 17.8 Å². The highest BCUT2D eigenvalue weighted by molar-refractivity contribution is 7.99. The van der Waals surface area contributed by atoms with E-state index in [2.05, 4.69) is 24.0 Å². The third-order valence-electron chi connectivity index (χ3n) is 3.14. The molecule has 0 saturated heterocycles. The number of carbonyl (C=O) groups excluding carboxylic acids is 1. The summed E-state index contributed by atoms with van der Waals surface area (Å²) in [6.07, 6.45) is -0.490. The highest BCUT2D eigenvalue weighted by atomic mass is 32.2. The molecule has 1 heterocycles. The van der Waals surface area contributed by atoms with Gasteiger partial charge < -0.3 is 15.0 Å². The number of rotatable bonds is 8. The molecule has 2 aromatic rings. The van der Waals surface area contributed by atoms with Crippen LogP contribution in [0.3, 0.4) is 0 Å². The lowest BCUT2D eigenvalue weighted by Gasteiger charge is -2.18. The summed E-state index contributed by atoms with van der Waals surface area (Å²) in [6, 6.07) is 6.22. The van der Waals surface area contributed by atoms with Gasteiger partial charge in [-0.1, -0.05) is 37.7 Å². The van der Waals surface area contributed by atoms with Crippen LogP contribution >= 0.6 is 11.8 Å². The van der Waals surface area contributed by atoms with Crippen LogP contribution in [0.15, 0.2) is 29.4 Å². The number of nitrogens with two attached hydrogens (primary N) is 1. The van der Waals surface area contributed by atoms with Crippen LogP contribution in [0.5, 0.6) is 5.75 Å². The number of nitrogens with zero attached hydrogens (tertiary/aromatic N) is 3. The molecule has 0 saturated carbocycles. The zero-order chi connectivity index (χ0) is 17.7. The van der Waals surface area contributed by atoms with Crippen molar-refractivity contribution in [3.8, 4) is 5.75 Å². The van der Waals surface area contributed by atoms with E-state index in [0.717, 1.165) is 0 Å². The number of halogens is 1. The van der Waals surface area contributed by atoms with Crippen LogP contribution in [-0.4, -0.2) is 26.4 Å². The van der Waals surface area contributed by atoms with Gasteiger partial charge in [0.2, 0.25) is 5.91 Å². The average molecular weight is 352 g/mol. The Bertz CT molecular complexity index is 705. The Kier molecular flexibility index (Phi) is 6.19. The maximum Gasteiger partial charge on any atom is 0.227 e. The number of hydrogen-bond acceptors (Lipinski definition) is 5. The van der Waals surface area contributed by atoms with Crippen molar-refractivity contribution in [2.45, 2.75) is 38.6 Å². The average Bonchev–Trinajstić information content (AvgIpc) is 2.89. The van der Waals surface area contributed by atoms with E-state index in [4.69, 9.17) is 10.5 Å². The molecule has 1 aromatic carbocycles. The largest absolute Gasteiger partial charge is 0.480 e. The SMILES string of the molecule is CC(C)Cn1c(SCC(N)=O)nnc1C(C)Oc1ccccc1F. The number of carbonyl (C=O) groups is 1. The first-order valence-corrected chi connectivity index (χ1v) is 8.62. The summed E-state index contributed by atoms with van der Waals surface area (Å²) in [5.41, 5.74) is 5.19. The molecule has 0 aliphatic carbocycles. The van der Waals surface area contributed by atoms with Gasteiger partial charge in [0.1, 0.15) is 0 Å². The van der Waals surface area contributed by atoms with Crippen molar-refractivity contribution < 1.29 is 13.9 Å². The van der Waals surface area contributed by atoms with Crippen LogP contribution in [0.4, 0.5) is 4.39 Å². The molecule has 6 nitrogen and oxygen atoms in total. The molecule has 0 bridgehead atoms. The monoisotopic (exact) mass is 352 g/mol. The number of thioether (sulfide) groups is 1. The second-order valence-corrected chi connectivity index (χ2v) is 6.73. The van der Waals surface area contributed by atoms with Crippen LogP contribution < -0.4 is 10.5 Å². The third kappa shape index (κ3) is 4.70. The highest BCUT2D eigenvalue weighted by Crippen LogP contribution is 2.26. The topological polar surface area (TPSA) is 83.0 Å². The van der Waals surface area contributed by atoms with Crippen molar-refractivity contribution in [2.24, 2.45) is 11.7 Å². The van der Waals surface area contributed by atoms with Crippen LogP contribution in [0.2, 0.25) is 0 Å². The van der Waals surface area contributed by atoms with E-state index in [0.29, 0.717) is 23.4 Å². The van der Waals surface area contributed by atoms with Gasteiger partial charge in [-0.15, -0.1) is 10.2 Å². The lowest BCUT2D eigenvalue weighted by atomic mass is 10.2. The maximum atomic E-state index is 13.8. The lowest BCUT2D eigenvalue weighted by molar-refractivity contribution is -0.115. The van der Waals surface area contributed by atoms with Gasteiger partial charge in [-0.3, -0.25) is 4.79 Å². The third-order valence-corrected chi connectivity index (χ3v) is 4.13. The highest BCUT2D eigenvalue weighted by Gasteiger charge is 2.21. The zero-order valence-corrected chi connectivity index (χ0v) is 14.7.